The van der Waals surface area contributed by atoms with Crippen molar-refractivity contribution in [3.63, 3.8) is 0 Å². The minimum absolute atomic E-state index is 0.173. The summed E-state index contributed by atoms with van der Waals surface area (Å²) in [5.41, 5.74) is 7.64. The van der Waals surface area contributed by atoms with Crippen molar-refractivity contribution >= 4 is 11.0 Å². The number of imidazole rings is 1. The summed E-state index contributed by atoms with van der Waals surface area (Å²) in [7, 11) is 4.05. The van der Waals surface area contributed by atoms with E-state index >= 15 is 0 Å². The van der Waals surface area contributed by atoms with Crippen LogP contribution in [0.5, 0.6) is 5.75 Å². The summed E-state index contributed by atoms with van der Waals surface area (Å²) >= 11 is 0. The van der Waals surface area contributed by atoms with Gasteiger partial charge in [-0.3, -0.25) is 4.90 Å². The fourth-order valence-corrected chi connectivity index (χ4v) is 2.20. The summed E-state index contributed by atoms with van der Waals surface area (Å²) < 4.78 is 2.17. The molecule has 0 aliphatic carbocycles. The van der Waals surface area contributed by atoms with E-state index in [2.05, 4.69) is 28.3 Å². The van der Waals surface area contributed by atoms with Gasteiger partial charge in [0.15, 0.2) is 0 Å². The molecule has 2 unspecified atom stereocenters. The Kier molecular flexibility index (Phi) is 3.78. The Morgan fingerprint density at radius 3 is 2.63 bits per heavy atom. The van der Waals surface area contributed by atoms with Gasteiger partial charge < -0.3 is 15.4 Å². The topological polar surface area (TPSA) is 67.3 Å². The molecule has 0 amide bonds. The number of aromatic nitrogens is 2. The molecule has 0 saturated heterocycles. The summed E-state index contributed by atoms with van der Waals surface area (Å²) in [6.45, 7) is 4.75. The first-order chi connectivity index (χ1) is 8.95. The predicted octanol–water partition coefficient (Wildman–Crippen LogP) is 1.88. The first-order valence-corrected chi connectivity index (χ1v) is 6.53. The van der Waals surface area contributed by atoms with E-state index in [9.17, 15) is 5.11 Å². The number of phenolic OH excluding ortho intramolecular Hbond substituents is 1. The molecule has 2 aromatic rings. The van der Waals surface area contributed by atoms with Crippen LogP contribution in [-0.4, -0.2) is 40.2 Å². The molecule has 0 spiro atoms. The fourth-order valence-electron chi connectivity index (χ4n) is 2.20. The molecule has 0 fully saturated rings. The highest BCUT2D eigenvalue weighted by Crippen LogP contribution is 2.28. The molecule has 104 valence electrons. The normalized spacial score (nSPS) is 15.1. The average Bonchev–Trinajstić information content (AvgIpc) is 2.74. The number of hydrogen-bond donors (Lipinski definition) is 2. The number of phenols is 1. The Bertz CT molecular complexity index is 576. The summed E-state index contributed by atoms with van der Waals surface area (Å²) in [6, 6.07) is 5.64. The zero-order valence-electron chi connectivity index (χ0n) is 12.0. The lowest BCUT2D eigenvalue weighted by molar-refractivity contribution is 0.297. The lowest BCUT2D eigenvalue weighted by atomic mass is 10.2. The van der Waals surface area contributed by atoms with E-state index in [0.717, 1.165) is 16.9 Å². The molecule has 5 nitrogen and oxygen atoms in total. The van der Waals surface area contributed by atoms with Crippen molar-refractivity contribution < 1.29 is 5.11 Å². The molecular weight excluding hydrogens is 240 g/mol. The van der Waals surface area contributed by atoms with Gasteiger partial charge in [-0.05, 0) is 40.1 Å². The summed E-state index contributed by atoms with van der Waals surface area (Å²) in [5.74, 6) is 1.21. The van der Waals surface area contributed by atoms with Crippen molar-refractivity contribution in [2.75, 3.05) is 20.6 Å². The SMILES string of the molecule is CC(c1nc2cc(O)ccc2n1C(C)CN)N(C)C. The van der Waals surface area contributed by atoms with Crippen molar-refractivity contribution in [2.45, 2.75) is 25.9 Å². The monoisotopic (exact) mass is 262 g/mol. The van der Waals surface area contributed by atoms with Crippen LogP contribution in [0.25, 0.3) is 11.0 Å². The Labute approximate surface area is 113 Å². The minimum atomic E-state index is 0.173. The molecule has 1 aromatic heterocycles. The van der Waals surface area contributed by atoms with Crippen molar-refractivity contribution in [3.8, 4) is 5.75 Å². The summed E-state index contributed by atoms with van der Waals surface area (Å²) in [4.78, 5) is 6.78. The third-order valence-corrected chi connectivity index (χ3v) is 3.63. The lowest BCUT2D eigenvalue weighted by Crippen LogP contribution is -2.24. The van der Waals surface area contributed by atoms with E-state index in [1.165, 1.54) is 0 Å². The van der Waals surface area contributed by atoms with E-state index in [-0.39, 0.29) is 17.8 Å². The van der Waals surface area contributed by atoms with Crippen molar-refractivity contribution in [2.24, 2.45) is 5.73 Å². The second-order valence-electron chi connectivity index (χ2n) is 5.24. The number of hydrogen-bond acceptors (Lipinski definition) is 4. The maximum Gasteiger partial charge on any atom is 0.127 e. The molecule has 5 heteroatoms. The molecule has 19 heavy (non-hydrogen) atoms. The molecule has 3 N–H and O–H groups in total. The Morgan fingerprint density at radius 1 is 1.37 bits per heavy atom. The number of benzene rings is 1. The zero-order valence-corrected chi connectivity index (χ0v) is 12.0. The second kappa shape index (κ2) is 5.19. The van der Waals surface area contributed by atoms with Gasteiger partial charge in [-0.25, -0.2) is 4.98 Å². The highest BCUT2D eigenvalue weighted by Gasteiger charge is 2.21. The Morgan fingerprint density at radius 2 is 2.05 bits per heavy atom. The molecule has 2 rings (SSSR count). The summed E-state index contributed by atoms with van der Waals surface area (Å²) in [6.07, 6.45) is 0. The number of aromatic hydroxyl groups is 1. The number of rotatable bonds is 4. The van der Waals surface area contributed by atoms with E-state index < -0.39 is 0 Å². The van der Waals surface area contributed by atoms with Crippen LogP contribution in [0.4, 0.5) is 0 Å². The largest absolute Gasteiger partial charge is 0.508 e. The smallest absolute Gasteiger partial charge is 0.127 e. The van der Waals surface area contributed by atoms with Gasteiger partial charge in [-0.15, -0.1) is 0 Å². The van der Waals surface area contributed by atoms with Crippen LogP contribution in [0.2, 0.25) is 0 Å². The highest BCUT2D eigenvalue weighted by atomic mass is 16.3. The molecule has 1 aromatic carbocycles. The lowest BCUT2D eigenvalue weighted by Gasteiger charge is -2.23. The van der Waals surface area contributed by atoms with Crippen LogP contribution in [-0.2, 0) is 0 Å². The second-order valence-corrected chi connectivity index (χ2v) is 5.24. The Hall–Kier alpha value is -1.59. The van der Waals surface area contributed by atoms with Gasteiger partial charge in [0.1, 0.15) is 11.6 Å². The quantitative estimate of drug-likeness (QED) is 0.883. The molecule has 0 aliphatic rings. The highest BCUT2D eigenvalue weighted by molar-refractivity contribution is 5.78. The minimum Gasteiger partial charge on any atom is -0.508 e. The van der Waals surface area contributed by atoms with Crippen molar-refractivity contribution in [1.29, 1.82) is 0 Å². The van der Waals surface area contributed by atoms with Gasteiger partial charge in [-0.1, -0.05) is 0 Å². The van der Waals surface area contributed by atoms with Gasteiger partial charge in [0.25, 0.3) is 0 Å². The first-order valence-electron chi connectivity index (χ1n) is 6.53. The average molecular weight is 262 g/mol. The van der Waals surface area contributed by atoms with E-state index in [1.54, 1.807) is 12.1 Å². The molecule has 0 aliphatic heterocycles. The van der Waals surface area contributed by atoms with Crippen LogP contribution in [0.3, 0.4) is 0 Å². The molecule has 0 saturated carbocycles. The van der Waals surface area contributed by atoms with E-state index in [0.29, 0.717) is 6.54 Å². The maximum absolute atomic E-state index is 9.59. The van der Waals surface area contributed by atoms with Gasteiger partial charge in [0, 0.05) is 18.7 Å². The van der Waals surface area contributed by atoms with Crippen molar-refractivity contribution in [1.82, 2.24) is 14.5 Å². The van der Waals surface area contributed by atoms with E-state index in [4.69, 9.17) is 5.73 Å². The van der Waals surface area contributed by atoms with Crippen LogP contribution < -0.4 is 5.73 Å². The maximum atomic E-state index is 9.59. The molecular formula is C14H22N4O. The molecule has 1 heterocycles. The number of nitrogens with zero attached hydrogens (tertiary/aromatic N) is 3. The van der Waals surface area contributed by atoms with E-state index in [1.807, 2.05) is 20.2 Å². The van der Waals surface area contributed by atoms with Crippen LogP contribution in [0, 0.1) is 0 Å². The van der Waals surface area contributed by atoms with Crippen molar-refractivity contribution in [3.05, 3.63) is 24.0 Å². The first kappa shape index (κ1) is 13.8. The van der Waals surface area contributed by atoms with Gasteiger partial charge in [0.2, 0.25) is 0 Å². The van der Waals surface area contributed by atoms with Gasteiger partial charge in [-0.2, -0.15) is 0 Å². The van der Waals surface area contributed by atoms with Crippen LogP contribution >= 0.6 is 0 Å². The number of fused-ring (bicyclic) bond motifs is 1. The standard InChI is InChI=1S/C14H22N4O/c1-9(8-15)18-13-6-5-11(19)7-12(13)16-14(18)10(2)17(3)4/h5-7,9-10,19H,8,15H2,1-4H3. The van der Waals surface area contributed by atoms with Gasteiger partial charge in [0.05, 0.1) is 17.1 Å². The molecule has 0 bridgehead atoms. The van der Waals surface area contributed by atoms with Gasteiger partial charge >= 0.3 is 0 Å². The summed E-state index contributed by atoms with van der Waals surface area (Å²) in [5, 5.41) is 9.59. The third-order valence-electron chi connectivity index (χ3n) is 3.63. The van der Waals surface area contributed by atoms with Crippen LogP contribution in [0.1, 0.15) is 31.8 Å². The zero-order chi connectivity index (χ0) is 14.2. The van der Waals surface area contributed by atoms with Crippen LogP contribution in [0.15, 0.2) is 18.2 Å². The predicted molar refractivity (Wildman–Crippen MR) is 77.3 cm³/mol. The third kappa shape index (κ3) is 2.43. The Balaban J connectivity index is 2.67. The fraction of sp³-hybridized carbons (Fsp3) is 0.500. The molecule has 2 atom stereocenters. The number of nitrogens with two attached hydrogens (primary N) is 1. The molecule has 0 radical (unpaired) electrons.